The molecule has 2 aromatic carbocycles. The van der Waals surface area contributed by atoms with Crippen LogP contribution in [-0.4, -0.2) is 20.6 Å². The van der Waals surface area contributed by atoms with Crippen molar-refractivity contribution >= 4 is 28.3 Å². The quantitative estimate of drug-likeness (QED) is 0.533. The molecule has 0 atom stereocenters. The Bertz CT molecular complexity index is 1060. The lowest BCUT2D eigenvalue weighted by Crippen LogP contribution is -2.01. The number of fused-ring (bicyclic) bond motifs is 1. The minimum Gasteiger partial charge on any atom is -0.453 e. The molecule has 0 radical (unpaired) electrons. The predicted molar refractivity (Wildman–Crippen MR) is 97.7 cm³/mol. The molecule has 0 fully saturated rings. The average Bonchev–Trinajstić information content (AvgIpc) is 3.28. The highest BCUT2D eigenvalue weighted by Crippen LogP contribution is 2.30. The molecule has 2 heterocycles. The van der Waals surface area contributed by atoms with Gasteiger partial charge in [0.05, 0.1) is 0 Å². The molecule has 4 aromatic rings. The van der Waals surface area contributed by atoms with Crippen molar-refractivity contribution in [2.75, 3.05) is 5.32 Å². The molecule has 4 rings (SSSR count). The molecule has 0 amide bonds. The maximum absolute atomic E-state index is 12.9. The molecule has 0 saturated heterocycles. The van der Waals surface area contributed by atoms with E-state index in [-0.39, 0.29) is 0 Å². The first-order valence-corrected chi connectivity index (χ1v) is 8.36. The number of nitrogens with one attached hydrogen (secondary N) is 2. The molecule has 6 nitrogen and oxygen atoms in total. The molecular formula is C18H15ClFN5O. The largest absolute Gasteiger partial charge is 0.453 e. The van der Waals surface area contributed by atoms with E-state index >= 15 is 0 Å². The SMILES string of the molecule is Cc1cc(CF)cc(NCc2cc3oc(-c4nnn[nH]4)cc3cc2Cl)c1. The summed E-state index contributed by atoms with van der Waals surface area (Å²) in [5, 5.41) is 18.4. The minimum absolute atomic E-state index is 0.454. The topological polar surface area (TPSA) is 79.6 Å². The third-order valence-corrected chi connectivity index (χ3v) is 4.39. The van der Waals surface area contributed by atoms with Crippen LogP contribution in [0.15, 0.2) is 40.8 Å². The third kappa shape index (κ3) is 3.25. The number of H-pyrrole nitrogens is 1. The number of tetrazole rings is 1. The normalized spacial score (nSPS) is 11.2. The van der Waals surface area contributed by atoms with Crippen molar-refractivity contribution in [2.24, 2.45) is 0 Å². The van der Waals surface area contributed by atoms with Crippen molar-refractivity contribution in [1.29, 1.82) is 0 Å². The number of hydrogen-bond donors (Lipinski definition) is 2. The lowest BCUT2D eigenvalue weighted by atomic mass is 10.1. The number of rotatable bonds is 5. The Morgan fingerprint density at radius 2 is 2.08 bits per heavy atom. The summed E-state index contributed by atoms with van der Waals surface area (Å²) in [4.78, 5) is 0. The number of aryl methyl sites for hydroxylation is 1. The number of anilines is 1. The maximum atomic E-state index is 12.9. The van der Waals surface area contributed by atoms with E-state index in [0.717, 1.165) is 22.2 Å². The zero-order valence-corrected chi connectivity index (χ0v) is 14.6. The van der Waals surface area contributed by atoms with E-state index in [1.54, 1.807) is 6.07 Å². The van der Waals surface area contributed by atoms with Gasteiger partial charge in [0.25, 0.3) is 0 Å². The van der Waals surface area contributed by atoms with Gasteiger partial charge in [-0.1, -0.05) is 17.7 Å². The van der Waals surface area contributed by atoms with E-state index in [9.17, 15) is 4.39 Å². The van der Waals surface area contributed by atoms with Crippen LogP contribution in [0.25, 0.3) is 22.6 Å². The Labute approximate surface area is 153 Å². The number of nitrogens with zero attached hydrogens (tertiary/aromatic N) is 3. The maximum Gasteiger partial charge on any atom is 0.215 e. The molecule has 0 aliphatic rings. The van der Waals surface area contributed by atoms with E-state index in [0.29, 0.717) is 34.3 Å². The smallest absolute Gasteiger partial charge is 0.215 e. The Hall–Kier alpha value is -2.93. The van der Waals surface area contributed by atoms with Crippen LogP contribution in [0.3, 0.4) is 0 Å². The molecule has 26 heavy (non-hydrogen) atoms. The predicted octanol–water partition coefficient (Wildman–Crippen LogP) is 4.66. The van der Waals surface area contributed by atoms with Gasteiger partial charge in [0, 0.05) is 22.6 Å². The summed E-state index contributed by atoms with van der Waals surface area (Å²) in [6.07, 6.45) is 0. The second-order valence-electron chi connectivity index (χ2n) is 6.04. The van der Waals surface area contributed by atoms with Gasteiger partial charge in [-0.2, -0.15) is 0 Å². The van der Waals surface area contributed by atoms with Gasteiger partial charge in [0.15, 0.2) is 5.76 Å². The first kappa shape index (κ1) is 16.5. The average molecular weight is 372 g/mol. The molecular weight excluding hydrogens is 357 g/mol. The summed E-state index contributed by atoms with van der Waals surface area (Å²) in [6, 6.07) is 11.1. The van der Waals surface area contributed by atoms with Gasteiger partial charge in [0.1, 0.15) is 12.3 Å². The van der Waals surface area contributed by atoms with Crippen molar-refractivity contribution in [1.82, 2.24) is 20.6 Å². The molecule has 0 saturated carbocycles. The molecule has 0 unspecified atom stereocenters. The van der Waals surface area contributed by atoms with Crippen LogP contribution in [0.5, 0.6) is 0 Å². The highest BCUT2D eigenvalue weighted by molar-refractivity contribution is 6.32. The zero-order chi connectivity index (χ0) is 18.1. The lowest BCUT2D eigenvalue weighted by molar-refractivity contribution is 0.485. The van der Waals surface area contributed by atoms with Crippen LogP contribution in [0, 0.1) is 6.92 Å². The molecule has 0 aliphatic carbocycles. The van der Waals surface area contributed by atoms with Gasteiger partial charge in [-0.15, -0.1) is 5.10 Å². The molecule has 2 N–H and O–H groups in total. The van der Waals surface area contributed by atoms with Crippen LogP contribution < -0.4 is 5.32 Å². The highest BCUT2D eigenvalue weighted by Gasteiger charge is 2.12. The molecule has 0 spiro atoms. The Balaban J connectivity index is 1.60. The number of alkyl halides is 1. The zero-order valence-electron chi connectivity index (χ0n) is 13.9. The van der Waals surface area contributed by atoms with E-state index in [1.165, 1.54) is 0 Å². The van der Waals surface area contributed by atoms with Crippen LogP contribution >= 0.6 is 11.6 Å². The van der Waals surface area contributed by atoms with E-state index in [1.807, 2.05) is 37.3 Å². The molecule has 2 aromatic heterocycles. The van der Waals surface area contributed by atoms with Crippen molar-refractivity contribution in [3.05, 3.63) is 58.1 Å². The van der Waals surface area contributed by atoms with E-state index in [4.69, 9.17) is 16.0 Å². The van der Waals surface area contributed by atoms with Crippen molar-refractivity contribution in [3.63, 3.8) is 0 Å². The van der Waals surface area contributed by atoms with Gasteiger partial charge in [0.2, 0.25) is 5.82 Å². The molecule has 0 bridgehead atoms. The van der Waals surface area contributed by atoms with Crippen LogP contribution in [0.2, 0.25) is 5.02 Å². The van der Waals surface area contributed by atoms with Gasteiger partial charge in [-0.25, -0.2) is 9.49 Å². The third-order valence-electron chi connectivity index (χ3n) is 4.04. The van der Waals surface area contributed by atoms with Gasteiger partial charge >= 0.3 is 0 Å². The first-order valence-electron chi connectivity index (χ1n) is 7.99. The van der Waals surface area contributed by atoms with E-state index < -0.39 is 6.67 Å². The number of halogens is 2. The standard InChI is InChI=1S/C18H15ClFN5O/c1-10-2-11(8-20)4-14(3-10)21-9-13-7-16-12(5-15(13)19)6-17(26-16)18-22-24-25-23-18/h2-7,21H,8-9H2,1H3,(H,22,23,24,25). The summed E-state index contributed by atoms with van der Waals surface area (Å²) < 4.78 is 18.7. The summed E-state index contributed by atoms with van der Waals surface area (Å²) in [6.45, 7) is 1.94. The number of aromatic nitrogens is 4. The number of benzene rings is 2. The number of aromatic amines is 1. The summed E-state index contributed by atoms with van der Waals surface area (Å²) >= 11 is 6.40. The number of hydrogen-bond acceptors (Lipinski definition) is 5. The first-order chi connectivity index (χ1) is 12.6. The van der Waals surface area contributed by atoms with Crippen molar-refractivity contribution in [2.45, 2.75) is 20.1 Å². The van der Waals surface area contributed by atoms with Crippen LogP contribution in [-0.2, 0) is 13.2 Å². The van der Waals surface area contributed by atoms with Crippen molar-refractivity contribution < 1.29 is 8.81 Å². The monoisotopic (exact) mass is 371 g/mol. The fraction of sp³-hybridized carbons (Fsp3) is 0.167. The number of furan rings is 1. The molecule has 0 aliphatic heterocycles. The fourth-order valence-corrected chi connectivity index (χ4v) is 3.09. The van der Waals surface area contributed by atoms with Crippen LogP contribution in [0.1, 0.15) is 16.7 Å². The second-order valence-corrected chi connectivity index (χ2v) is 6.44. The van der Waals surface area contributed by atoms with Gasteiger partial charge in [-0.05, 0) is 64.4 Å². The van der Waals surface area contributed by atoms with Crippen LogP contribution in [0.4, 0.5) is 10.1 Å². The Kier molecular flexibility index (Phi) is 4.30. The van der Waals surface area contributed by atoms with E-state index in [2.05, 4.69) is 25.9 Å². The lowest BCUT2D eigenvalue weighted by Gasteiger charge is -2.10. The molecule has 8 heteroatoms. The Morgan fingerprint density at radius 3 is 2.85 bits per heavy atom. The second kappa shape index (κ2) is 6.76. The summed E-state index contributed by atoms with van der Waals surface area (Å²) in [5.41, 5.74) is 4.05. The van der Waals surface area contributed by atoms with Gasteiger partial charge < -0.3 is 9.73 Å². The minimum atomic E-state index is -0.491. The summed E-state index contributed by atoms with van der Waals surface area (Å²) in [5.74, 6) is 0.993. The van der Waals surface area contributed by atoms with Gasteiger partial charge in [-0.3, -0.25) is 0 Å². The Morgan fingerprint density at radius 1 is 1.19 bits per heavy atom. The fourth-order valence-electron chi connectivity index (χ4n) is 2.86. The summed E-state index contributed by atoms with van der Waals surface area (Å²) in [7, 11) is 0. The molecule has 132 valence electrons. The van der Waals surface area contributed by atoms with Crippen molar-refractivity contribution in [3.8, 4) is 11.6 Å². The highest BCUT2D eigenvalue weighted by atomic mass is 35.5.